The number of methoxy groups -OCH3 is 2. The monoisotopic (exact) mass is 271 g/mol. The Bertz CT molecular complexity index is 564. The minimum absolute atomic E-state index is 0.0436. The molecule has 0 radical (unpaired) electrons. The third-order valence-corrected chi connectivity index (χ3v) is 3.47. The van der Waals surface area contributed by atoms with E-state index in [4.69, 9.17) is 15.2 Å². The summed E-state index contributed by atoms with van der Waals surface area (Å²) < 4.78 is 10.5. The zero-order chi connectivity index (χ0) is 14.5. The lowest BCUT2D eigenvalue weighted by molar-refractivity contribution is 0.410. The molecule has 3 heteroatoms. The van der Waals surface area contributed by atoms with E-state index < -0.39 is 0 Å². The van der Waals surface area contributed by atoms with Crippen LogP contribution in [0.2, 0.25) is 0 Å². The Hall–Kier alpha value is -2.00. The topological polar surface area (TPSA) is 44.5 Å². The summed E-state index contributed by atoms with van der Waals surface area (Å²) >= 11 is 0. The highest BCUT2D eigenvalue weighted by Gasteiger charge is 2.09. The third-order valence-electron chi connectivity index (χ3n) is 3.47. The first-order valence-electron chi connectivity index (χ1n) is 6.67. The smallest absolute Gasteiger partial charge is 0.122 e. The van der Waals surface area contributed by atoms with E-state index in [0.717, 1.165) is 29.0 Å². The molecule has 2 aromatic rings. The molecule has 106 valence electrons. The summed E-state index contributed by atoms with van der Waals surface area (Å²) in [5, 5.41) is 0. The van der Waals surface area contributed by atoms with Crippen LogP contribution in [0.4, 0.5) is 0 Å². The fraction of sp³-hybridized carbons (Fsp3) is 0.294. The predicted molar refractivity (Wildman–Crippen MR) is 81.4 cm³/mol. The summed E-state index contributed by atoms with van der Waals surface area (Å²) in [6.45, 7) is 2.03. The van der Waals surface area contributed by atoms with E-state index >= 15 is 0 Å². The summed E-state index contributed by atoms with van der Waals surface area (Å²) in [5.41, 5.74) is 9.68. The van der Waals surface area contributed by atoms with Crippen molar-refractivity contribution in [2.75, 3.05) is 14.2 Å². The molecule has 0 aliphatic carbocycles. The Kier molecular flexibility index (Phi) is 4.64. The second kappa shape index (κ2) is 6.44. The molecule has 0 aliphatic rings. The molecular formula is C17H21NO2. The molecule has 0 amide bonds. The lowest BCUT2D eigenvalue weighted by atomic mass is 9.98. The van der Waals surface area contributed by atoms with Gasteiger partial charge < -0.3 is 15.2 Å². The highest BCUT2D eigenvalue weighted by molar-refractivity contribution is 5.38. The predicted octanol–water partition coefficient (Wildman–Crippen LogP) is 3.25. The minimum atomic E-state index is -0.0436. The zero-order valence-corrected chi connectivity index (χ0v) is 12.2. The normalized spacial score (nSPS) is 12.0. The fourth-order valence-electron chi connectivity index (χ4n) is 2.20. The van der Waals surface area contributed by atoms with Gasteiger partial charge in [0.2, 0.25) is 0 Å². The third kappa shape index (κ3) is 3.31. The van der Waals surface area contributed by atoms with Crippen molar-refractivity contribution in [1.29, 1.82) is 0 Å². The Morgan fingerprint density at radius 2 is 1.70 bits per heavy atom. The van der Waals surface area contributed by atoms with E-state index in [1.54, 1.807) is 14.2 Å². The van der Waals surface area contributed by atoms with Crippen molar-refractivity contribution < 1.29 is 9.47 Å². The van der Waals surface area contributed by atoms with E-state index in [2.05, 4.69) is 6.07 Å². The van der Waals surface area contributed by atoms with Gasteiger partial charge in [0.1, 0.15) is 11.5 Å². The Morgan fingerprint density at radius 1 is 1.00 bits per heavy atom. The van der Waals surface area contributed by atoms with Gasteiger partial charge >= 0.3 is 0 Å². The number of rotatable bonds is 5. The first kappa shape index (κ1) is 14.4. The first-order chi connectivity index (χ1) is 9.63. The van der Waals surface area contributed by atoms with Crippen LogP contribution in [-0.4, -0.2) is 14.2 Å². The molecule has 2 aromatic carbocycles. The van der Waals surface area contributed by atoms with E-state index in [-0.39, 0.29) is 6.04 Å². The van der Waals surface area contributed by atoms with Gasteiger partial charge in [0.15, 0.2) is 0 Å². The van der Waals surface area contributed by atoms with E-state index in [1.165, 1.54) is 5.56 Å². The number of hydrogen-bond acceptors (Lipinski definition) is 3. The SMILES string of the molecule is COc1ccc(CC(N)c2ccc(C)c(OC)c2)cc1. The first-order valence-corrected chi connectivity index (χ1v) is 6.67. The van der Waals surface area contributed by atoms with Crippen LogP contribution in [0.1, 0.15) is 22.7 Å². The molecule has 0 heterocycles. The molecule has 0 aromatic heterocycles. The largest absolute Gasteiger partial charge is 0.497 e. The van der Waals surface area contributed by atoms with Gasteiger partial charge in [0, 0.05) is 6.04 Å². The highest BCUT2D eigenvalue weighted by atomic mass is 16.5. The molecule has 1 unspecified atom stereocenters. The van der Waals surface area contributed by atoms with Crippen LogP contribution < -0.4 is 15.2 Å². The average Bonchev–Trinajstić information content (AvgIpc) is 2.48. The van der Waals surface area contributed by atoms with Crippen LogP contribution in [0.3, 0.4) is 0 Å². The second-order valence-corrected chi connectivity index (χ2v) is 4.89. The van der Waals surface area contributed by atoms with Crippen LogP contribution in [-0.2, 0) is 6.42 Å². The summed E-state index contributed by atoms with van der Waals surface area (Å²) in [7, 11) is 3.35. The van der Waals surface area contributed by atoms with Gasteiger partial charge in [-0.05, 0) is 48.2 Å². The number of hydrogen-bond donors (Lipinski definition) is 1. The Morgan fingerprint density at radius 3 is 2.30 bits per heavy atom. The van der Waals surface area contributed by atoms with E-state index in [1.807, 2.05) is 43.3 Å². The van der Waals surface area contributed by atoms with Gasteiger partial charge in [-0.25, -0.2) is 0 Å². The van der Waals surface area contributed by atoms with Gasteiger partial charge in [-0.2, -0.15) is 0 Å². The van der Waals surface area contributed by atoms with Crippen molar-refractivity contribution in [2.24, 2.45) is 5.73 Å². The van der Waals surface area contributed by atoms with Crippen molar-refractivity contribution in [2.45, 2.75) is 19.4 Å². The zero-order valence-electron chi connectivity index (χ0n) is 12.2. The maximum atomic E-state index is 6.28. The molecule has 1 atom stereocenters. The molecule has 2 N–H and O–H groups in total. The summed E-state index contributed by atoms with van der Waals surface area (Å²) in [5.74, 6) is 1.74. The minimum Gasteiger partial charge on any atom is -0.497 e. The van der Waals surface area contributed by atoms with E-state index in [9.17, 15) is 0 Å². The quantitative estimate of drug-likeness (QED) is 0.908. The number of benzene rings is 2. The van der Waals surface area contributed by atoms with Crippen molar-refractivity contribution in [3.63, 3.8) is 0 Å². The standard InChI is InChI=1S/C17H21NO2/c1-12-4-7-14(11-17(12)20-3)16(18)10-13-5-8-15(19-2)9-6-13/h4-9,11,16H,10,18H2,1-3H3. The van der Waals surface area contributed by atoms with Gasteiger partial charge in [-0.15, -0.1) is 0 Å². The molecular weight excluding hydrogens is 250 g/mol. The summed E-state index contributed by atoms with van der Waals surface area (Å²) in [6.07, 6.45) is 0.788. The van der Waals surface area contributed by atoms with Crippen LogP contribution in [0, 0.1) is 6.92 Å². The summed E-state index contributed by atoms with van der Waals surface area (Å²) in [4.78, 5) is 0. The molecule has 0 aliphatic heterocycles. The van der Waals surface area contributed by atoms with Crippen molar-refractivity contribution in [3.05, 3.63) is 59.2 Å². The van der Waals surface area contributed by atoms with Crippen molar-refractivity contribution in [1.82, 2.24) is 0 Å². The molecule has 20 heavy (non-hydrogen) atoms. The van der Waals surface area contributed by atoms with Gasteiger partial charge in [-0.3, -0.25) is 0 Å². The molecule has 3 nitrogen and oxygen atoms in total. The Labute approximate surface area is 120 Å². The highest BCUT2D eigenvalue weighted by Crippen LogP contribution is 2.24. The average molecular weight is 271 g/mol. The van der Waals surface area contributed by atoms with Crippen LogP contribution in [0.25, 0.3) is 0 Å². The number of aryl methyl sites for hydroxylation is 1. The maximum Gasteiger partial charge on any atom is 0.122 e. The molecule has 0 bridgehead atoms. The fourth-order valence-corrected chi connectivity index (χ4v) is 2.20. The van der Waals surface area contributed by atoms with Gasteiger partial charge in [0.25, 0.3) is 0 Å². The summed E-state index contributed by atoms with van der Waals surface area (Å²) in [6, 6.07) is 14.1. The molecule has 0 saturated carbocycles. The van der Waals surface area contributed by atoms with Crippen LogP contribution in [0.15, 0.2) is 42.5 Å². The van der Waals surface area contributed by atoms with Crippen LogP contribution in [0.5, 0.6) is 11.5 Å². The second-order valence-electron chi connectivity index (χ2n) is 4.89. The number of nitrogens with two attached hydrogens (primary N) is 1. The van der Waals surface area contributed by atoms with Gasteiger partial charge in [-0.1, -0.05) is 24.3 Å². The number of ether oxygens (including phenoxy) is 2. The lowest BCUT2D eigenvalue weighted by Gasteiger charge is -2.15. The molecule has 2 rings (SSSR count). The van der Waals surface area contributed by atoms with Crippen LogP contribution >= 0.6 is 0 Å². The van der Waals surface area contributed by atoms with Gasteiger partial charge in [0.05, 0.1) is 14.2 Å². The van der Waals surface area contributed by atoms with E-state index in [0.29, 0.717) is 0 Å². The molecule has 0 fully saturated rings. The molecule has 0 saturated heterocycles. The van der Waals surface area contributed by atoms with Crippen molar-refractivity contribution in [3.8, 4) is 11.5 Å². The lowest BCUT2D eigenvalue weighted by Crippen LogP contribution is -2.13. The maximum absolute atomic E-state index is 6.28. The molecule has 0 spiro atoms. The van der Waals surface area contributed by atoms with Crippen molar-refractivity contribution >= 4 is 0 Å². The Balaban J connectivity index is 2.12.